The number of carbonyl (C=O) groups is 1. The van der Waals surface area contributed by atoms with Gasteiger partial charge < -0.3 is 14.4 Å². The van der Waals surface area contributed by atoms with Gasteiger partial charge in [-0.1, -0.05) is 16.5 Å². The Morgan fingerprint density at radius 1 is 1.17 bits per heavy atom. The van der Waals surface area contributed by atoms with Gasteiger partial charge in [0.15, 0.2) is 22.4 Å². The van der Waals surface area contributed by atoms with Crippen molar-refractivity contribution in [1.29, 1.82) is 0 Å². The molecule has 5 rings (SSSR count). The second-order valence-electron chi connectivity index (χ2n) is 6.59. The number of fused-ring (bicyclic) bond motifs is 1. The minimum atomic E-state index is -0.196. The van der Waals surface area contributed by atoms with Gasteiger partial charge in [-0.2, -0.15) is 4.98 Å². The van der Waals surface area contributed by atoms with Gasteiger partial charge in [0.2, 0.25) is 0 Å². The highest BCUT2D eigenvalue weighted by Gasteiger charge is 2.17. The zero-order valence-electron chi connectivity index (χ0n) is 16.1. The quantitative estimate of drug-likeness (QED) is 0.464. The van der Waals surface area contributed by atoms with E-state index in [-0.39, 0.29) is 12.5 Å². The van der Waals surface area contributed by atoms with Crippen molar-refractivity contribution in [2.45, 2.75) is 20.4 Å². The van der Waals surface area contributed by atoms with Crippen molar-refractivity contribution < 1.29 is 9.32 Å². The highest BCUT2D eigenvalue weighted by molar-refractivity contribution is 7.16. The maximum absolute atomic E-state index is 12.7. The number of hydrogen-bond acceptors (Lipinski definition) is 8. The molecule has 0 aromatic carbocycles. The van der Waals surface area contributed by atoms with E-state index in [0.717, 1.165) is 10.7 Å². The second kappa shape index (κ2) is 7.19. The number of hydrogen-bond donors (Lipinski definition) is 1. The first kappa shape index (κ1) is 18.2. The fourth-order valence-electron chi connectivity index (χ4n) is 3.01. The first-order valence-electron chi connectivity index (χ1n) is 9.12. The van der Waals surface area contributed by atoms with Crippen LogP contribution in [0.4, 0.5) is 0 Å². The summed E-state index contributed by atoms with van der Waals surface area (Å²) in [7, 11) is 0. The Labute approximate surface area is 174 Å². The standard InChI is InChI=1S/C19H16N8O2S/c1-11-16(30-19(21-11)26-6-3-4-7-26)17(28)20-10-15-24-23-14-9-13(5-8-27(14)15)18-22-12(2)25-29-18/h3-9H,10H2,1-2H3,(H,20,28). The molecule has 11 heteroatoms. The van der Waals surface area contributed by atoms with Crippen molar-refractivity contribution in [2.24, 2.45) is 0 Å². The zero-order chi connectivity index (χ0) is 20.7. The summed E-state index contributed by atoms with van der Waals surface area (Å²) in [5.74, 6) is 1.40. The Morgan fingerprint density at radius 2 is 2.00 bits per heavy atom. The van der Waals surface area contributed by atoms with E-state index in [1.165, 1.54) is 11.3 Å². The molecule has 5 aromatic rings. The topological polar surface area (TPSA) is 116 Å². The number of amides is 1. The van der Waals surface area contributed by atoms with E-state index in [2.05, 4.69) is 30.6 Å². The SMILES string of the molecule is Cc1noc(-c2ccn3c(CNC(=O)c4sc(-n5cccc5)nc4C)nnc3c2)n1. The summed E-state index contributed by atoms with van der Waals surface area (Å²) in [6, 6.07) is 7.48. The van der Waals surface area contributed by atoms with Crippen LogP contribution in [0.3, 0.4) is 0 Å². The van der Waals surface area contributed by atoms with Gasteiger partial charge in [0.05, 0.1) is 12.2 Å². The molecule has 0 unspecified atom stereocenters. The molecule has 0 atom stereocenters. The average molecular weight is 420 g/mol. The number of carbonyl (C=O) groups excluding carboxylic acids is 1. The third-order valence-corrected chi connectivity index (χ3v) is 5.65. The summed E-state index contributed by atoms with van der Waals surface area (Å²) in [6.45, 7) is 3.82. The average Bonchev–Trinajstić information content (AvgIpc) is 3.52. The van der Waals surface area contributed by atoms with Crippen LogP contribution < -0.4 is 5.32 Å². The Balaban J connectivity index is 1.33. The molecule has 0 aliphatic carbocycles. The van der Waals surface area contributed by atoms with Gasteiger partial charge in [-0.25, -0.2) is 4.98 Å². The molecule has 0 aliphatic rings. The summed E-state index contributed by atoms with van der Waals surface area (Å²) >= 11 is 1.34. The van der Waals surface area contributed by atoms with E-state index >= 15 is 0 Å². The molecule has 5 aromatic heterocycles. The van der Waals surface area contributed by atoms with Crippen LogP contribution in [0.5, 0.6) is 0 Å². The van der Waals surface area contributed by atoms with Crippen molar-refractivity contribution in [3.05, 3.63) is 65.1 Å². The van der Waals surface area contributed by atoms with E-state index in [9.17, 15) is 4.79 Å². The summed E-state index contributed by atoms with van der Waals surface area (Å²) in [5.41, 5.74) is 2.06. The molecule has 0 bridgehead atoms. The van der Waals surface area contributed by atoms with Crippen LogP contribution in [-0.2, 0) is 6.54 Å². The van der Waals surface area contributed by atoms with Crippen LogP contribution in [0.1, 0.15) is 27.0 Å². The Morgan fingerprint density at radius 3 is 2.77 bits per heavy atom. The summed E-state index contributed by atoms with van der Waals surface area (Å²) < 4.78 is 8.87. The number of nitrogens with zero attached hydrogens (tertiary/aromatic N) is 7. The maximum Gasteiger partial charge on any atom is 0.263 e. The highest BCUT2D eigenvalue weighted by Crippen LogP contribution is 2.22. The molecule has 10 nitrogen and oxygen atoms in total. The minimum Gasteiger partial charge on any atom is -0.344 e. The lowest BCUT2D eigenvalue weighted by Crippen LogP contribution is -2.23. The lowest BCUT2D eigenvalue weighted by molar-refractivity contribution is 0.0953. The molecule has 150 valence electrons. The predicted octanol–water partition coefficient (Wildman–Crippen LogP) is 2.57. The van der Waals surface area contributed by atoms with Crippen LogP contribution in [0.25, 0.3) is 22.2 Å². The summed E-state index contributed by atoms with van der Waals surface area (Å²) in [5, 5.41) is 15.8. The fourth-order valence-corrected chi connectivity index (χ4v) is 3.96. The molecular formula is C19H16N8O2S. The van der Waals surface area contributed by atoms with Gasteiger partial charge in [0, 0.05) is 24.2 Å². The molecule has 0 fully saturated rings. The Bertz CT molecular complexity index is 1350. The zero-order valence-corrected chi connectivity index (χ0v) is 16.9. The van der Waals surface area contributed by atoms with E-state index < -0.39 is 0 Å². The molecule has 0 saturated carbocycles. The van der Waals surface area contributed by atoms with E-state index in [4.69, 9.17) is 4.52 Å². The number of nitrogens with one attached hydrogen (secondary N) is 1. The smallest absolute Gasteiger partial charge is 0.263 e. The molecule has 1 amide bonds. The largest absolute Gasteiger partial charge is 0.344 e. The lowest BCUT2D eigenvalue weighted by atomic mass is 10.2. The van der Waals surface area contributed by atoms with Crippen LogP contribution in [0, 0.1) is 13.8 Å². The lowest BCUT2D eigenvalue weighted by Gasteiger charge is -2.03. The van der Waals surface area contributed by atoms with E-state index in [1.54, 1.807) is 11.3 Å². The van der Waals surface area contributed by atoms with Crippen LogP contribution >= 0.6 is 11.3 Å². The molecular weight excluding hydrogens is 404 g/mol. The van der Waals surface area contributed by atoms with Crippen LogP contribution in [0.15, 0.2) is 47.4 Å². The molecule has 0 radical (unpaired) electrons. The number of aryl methyl sites for hydroxylation is 2. The summed E-state index contributed by atoms with van der Waals surface area (Å²) in [6.07, 6.45) is 5.60. The van der Waals surface area contributed by atoms with Crippen LogP contribution in [0.2, 0.25) is 0 Å². The van der Waals surface area contributed by atoms with Gasteiger partial charge in [-0.3, -0.25) is 9.20 Å². The number of rotatable bonds is 5. The van der Waals surface area contributed by atoms with Gasteiger partial charge >= 0.3 is 0 Å². The van der Waals surface area contributed by atoms with Gasteiger partial charge in [-0.15, -0.1) is 10.2 Å². The fraction of sp³-hybridized carbons (Fsp3) is 0.158. The molecule has 0 saturated heterocycles. The van der Waals surface area contributed by atoms with Crippen molar-refractivity contribution in [1.82, 2.24) is 39.6 Å². The van der Waals surface area contributed by atoms with Crippen LogP contribution in [-0.4, -0.2) is 40.2 Å². The maximum atomic E-state index is 12.7. The number of pyridine rings is 1. The van der Waals surface area contributed by atoms with Crippen molar-refractivity contribution in [2.75, 3.05) is 0 Å². The monoisotopic (exact) mass is 420 g/mol. The molecule has 0 aliphatic heterocycles. The first-order chi connectivity index (χ1) is 14.6. The van der Waals surface area contributed by atoms with Gasteiger partial charge in [0.1, 0.15) is 4.88 Å². The third kappa shape index (κ3) is 3.24. The summed E-state index contributed by atoms with van der Waals surface area (Å²) in [4.78, 5) is 22.0. The second-order valence-corrected chi connectivity index (χ2v) is 7.57. The van der Waals surface area contributed by atoms with E-state index in [0.29, 0.717) is 33.8 Å². The van der Waals surface area contributed by atoms with E-state index in [1.807, 2.05) is 54.3 Å². The van der Waals surface area contributed by atoms with Crippen molar-refractivity contribution in [3.8, 4) is 16.6 Å². The molecule has 5 heterocycles. The number of aromatic nitrogens is 7. The molecule has 0 spiro atoms. The molecule has 30 heavy (non-hydrogen) atoms. The number of thiazole rings is 1. The van der Waals surface area contributed by atoms with Crippen molar-refractivity contribution >= 4 is 22.9 Å². The molecule has 1 N–H and O–H groups in total. The predicted molar refractivity (Wildman–Crippen MR) is 108 cm³/mol. The first-order valence-corrected chi connectivity index (χ1v) is 9.93. The Kier molecular flexibility index (Phi) is 4.36. The minimum absolute atomic E-state index is 0.196. The normalized spacial score (nSPS) is 11.3. The van der Waals surface area contributed by atoms with Gasteiger partial charge in [-0.05, 0) is 38.1 Å². The highest BCUT2D eigenvalue weighted by atomic mass is 32.1. The van der Waals surface area contributed by atoms with Crippen molar-refractivity contribution in [3.63, 3.8) is 0 Å². The van der Waals surface area contributed by atoms with Gasteiger partial charge in [0.25, 0.3) is 11.8 Å². The third-order valence-electron chi connectivity index (χ3n) is 4.48. The Hall–Kier alpha value is -3.86.